The van der Waals surface area contributed by atoms with Crippen LogP contribution in [0.4, 0.5) is 26.5 Å². The Hall–Kier alpha value is -4.19. The van der Waals surface area contributed by atoms with Crippen LogP contribution in [-0.4, -0.2) is 50.2 Å². The fourth-order valence-electron chi connectivity index (χ4n) is 3.56. The van der Waals surface area contributed by atoms with Gasteiger partial charge in [-0.3, -0.25) is 9.59 Å². The molecule has 1 saturated carbocycles. The van der Waals surface area contributed by atoms with Crippen LogP contribution in [0.1, 0.15) is 32.3 Å². The Kier molecular flexibility index (Phi) is 6.42. The molecule has 5 rings (SSSR count). The average molecular weight is 528 g/mol. The first-order valence-electron chi connectivity index (χ1n) is 11.6. The van der Waals surface area contributed by atoms with E-state index in [1.165, 1.54) is 30.5 Å². The minimum atomic E-state index is -0.716. The molecule has 3 amide bonds. The highest BCUT2D eigenvalue weighted by atomic mass is 35.5. The number of carbonyl (C=O) groups excluding carboxylic acids is 3. The van der Waals surface area contributed by atoms with Gasteiger partial charge in [-0.15, -0.1) is 0 Å². The zero-order chi connectivity index (χ0) is 26.3. The first-order valence-corrected chi connectivity index (χ1v) is 12.0. The van der Waals surface area contributed by atoms with Gasteiger partial charge in [-0.1, -0.05) is 25.4 Å². The number of carbonyl (C=O) groups is 3. The predicted molar refractivity (Wildman–Crippen MR) is 133 cm³/mol. The summed E-state index contributed by atoms with van der Waals surface area (Å²) in [4.78, 5) is 42.2. The van der Waals surface area contributed by atoms with Crippen molar-refractivity contribution in [2.45, 2.75) is 32.7 Å². The second-order valence-electron chi connectivity index (χ2n) is 9.00. The molecule has 3 aromatic rings. The molecule has 2 aliphatic rings. The third kappa shape index (κ3) is 5.19. The SMILES string of the molecule is CC(C)C(=O)OCN1C(=O)N/C(=C\c2cnn3c(NC4CC4)cc(Nc4cc(Cl)ccc4F)nc23)C1=O. The molecule has 37 heavy (non-hydrogen) atoms. The standard InChI is InChI=1S/C24H23ClFN7O4/c1-12(2)23(35)37-11-32-22(34)18(30-24(32)36)7-13-10-27-33-20(28-15-4-5-15)9-19(31-21(13)33)29-17-8-14(25)3-6-16(17)26/h3,6-10,12,15,28H,4-5,11H2,1-2H3,(H,29,31)(H,30,36)/b18-7-. The molecular formula is C24H23ClFN7O4. The molecule has 0 unspecified atom stereocenters. The Morgan fingerprint density at radius 3 is 2.84 bits per heavy atom. The van der Waals surface area contributed by atoms with Crippen LogP contribution in [0.25, 0.3) is 11.7 Å². The van der Waals surface area contributed by atoms with Gasteiger partial charge in [-0.2, -0.15) is 9.61 Å². The van der Waals surface area contributed by atoms with Gasteiger partial charge in [0.15, 0.2) is 12.4 Å². The third-order valence-electron chi connectivity index (χ3n) is 5.69. The summed E-state index contributed by atoms with van der Waals surface area (Å²) in [6.45, 7) is 2.79. The lowest BCUT2D eigenvalue weighted by Crippen LogP contribution is -2.34. The van der Waals surface area contributed by atoms with E-state index in [2.05, 4.69) is 26.0 Å². The first kappa shape index (κ1) is 24.5. The highest BCUT2D eigenvalue weighted by molar-refractivity contribution is 6.30. The van der Waals surface area contributed by atoms with Gasteiger partial charge in [-0.25, -0.2) is 19.1 Å². The molecule has 2 fully saturated rings. The minimum absolute atomic E-state index is 0.0294. The summed E-state index contributed by atoms with van der Waals surface area (Å²) in [7, 11) is 0. The summed E-state index contributed by atoms with van der Waals surface area (Å²) in [6, 6.07) is 5.41. The molecule has 11 nitrogen and oxygen atoms in total. The van der Waals surface area contributed by atoms with Crippen LogP contribution < -0.4 is 16.0 Å². The lowest BCUT2D eigenvalue weighted by Gasteiger charge is -2.13. The van der Waals surface area contributed by atoms with Crippen molar-refractivity contribution in [3.05, 3.63) is 52.6 Å². The molecule has 13 heteroatoms. The van der Waals surface area contributed by atoms with Crippen LogP contribution >= 0.6 is 11.6 Å². The van der Waals surface area contributed by atoms with Crippen LogP contribution in [0.5, 0.6) is 0 Å². The number of aromatic nitrogens is 3. The number of fused-ring (bicyclic) bond motifs is 1. The number of nitrogens with one attached hydrogen (secondary N) is 3. The Morgan fingerprint density at radius 2 is 2.11 bits per heavy atom. The van der Waals surface area contributed by atoms with Gasteiger partial charge >= 0.3 is 12.0 Å². The smallest absolute Gasteiger partial charge is 0.331 e. The molecule has 2 aromatic heterocycles. The van der Waals surface area contributed by atoms with Crippen molar-refractivity contribution in [1.29, 1.82) is 0 Å². The molecular weight excluding hydrogens is 505 g/mol. The van der Waals surface area contributed by atoms with E-state index in [4.69, 9.17) is 16.3 Å². The number of imide groups is 1. The number of amides is 3. The summed E-state index contributed by atoms with van der Waals surface area (Å²) in [5.74, 6) is -1.16. The van der Waals surface area contributed by atoms with E-state index < -0.39 is 36.4 Å². The number of esters is 1. The molecule has 1 aromatic carbocycles. The molecule has 1 saturated heterocycles. The van der Waals surface area contributed by atoms with Crippen molar-refractivity contribution < 1.29 is 23.5 Å². The van der Waals surface area contributed by atoms with Crippen LogP contribution in [0.15, 0.2) is 36.2 Å². The quantitative estimate of drug-likeness (QED) is 0.228. The van der Waals surface area contributed by atoms with Crippen LogP contribution in [0.3, 0.4) is 0 Å². The zero-order valence-electron chi connectivity index (χ0n) is 19.9. The van der Waals surface area contributed by atoms with Crippen molar-refractivity contribution in [3.63, 3.8) is 0 Å². The summed E-state index contributed by atoms with van der Waals surface area (Å²) in [5, 5.41) is 13.5. The van der Waals surface area contributed by atoms with E-state index in [0.717, 1.165) is 17.7 Å². The maximum atomic E-state index is 14.3. The van der Waals surface area contributed by atoms with E-state index in [1.807, 2.05) is 0 Å². The molecule has 0 radical (unpaired) electrons. The van der Waals surface area contributed by atoms with Crippen molar-refractivity contribution in [1.82, 2.24) is 24.8 Å². The van der Waals surface area contributed by atoms with Crippen molar-refractivity contribution >= 4 is 58.6 Å². The molecule has 0 spiro atoms. The summed E-state index contributed by atoms with van der Waals surface area (Å²) in [5.41, 5.74) is 0.901. The fourth-order valence-corrected chi connectivity index (χ4v) is 3.73. The highest BCUT2D eigenvalue weighted by Gasteiger charge is 2.35. The van der Waals surface area contributed by atoms with Gasteiger partial charge in [0.1, 0.15) is 23.1 Å². The van der Waals surface area contributed by atoms with E-state index in [-0.39, 0.29) is 17.4 Å². The number of anilines is 3. The number of halogens is 2. The average Bonchev–Trinajstić information content (AvgIpc) is 3.52. The van der Waals surface area contributed by atoms with Gasteiger partial charge in [0.2, 0.25) is 0 Å². The second kappa shape index (κ2) is 9.69. The maximum Gasteiger partial charge on any atom is 0.331 e. The second-order valence-corrected chi connectivity index (χ2v) is 9.43. The van der Waals surface area contributed by atoms with E-state index in [0.29, 0.717) is 27.9 Å². The molecule has 3 heterocycles. The van der Waals surface area contributed by atoms with Crippen LogP contribution in [0, 0.1) is 11.7 Å². The Bertz CT molecular complexity index is 1450. The largest absolute Gasteiger partial charge is 0.443 e. The zero-order valence-corrected chi connectivity index (χ0v) is 20.7. The number of hydrogen-bond donors (Lipinski definition) is 3. The molecule has 1 aliphatic heterocycles. The summed E-state index contributed by atoms with van der Waals surface area (Å²) in [6.07, 6.45) is 4.94. The molecule has 0 atom stereocenters. The number of rotatable bonds is 8. The third-order valence-corrected chi connectivity index (χ3v) is 5.92. The number of benzene rings is 1. The van der Waals surface area contributed by atoms with Gasteiger partial charge in [0, 0.05) is 22.7 Å². The highest BCUT2D eigenvalue weighted by Crippen LogP contribution is 2.30. The monoisotopic (exact) mass is 527 g/mol. The fraction of sp³-hybridized carbons (Fsp3) is 0.292. The normalized spacial score (nSPS) is 16.6. The summed E-state index contributed by atoms with van der Waals surface area (Å²) >= 11 is 6.02. The topological polar surface area (TPSA) is 130 Å². The van der Waals surface area contributed by atoms with E-state index >= 15 is 0 Å². The van der Waals surface area contributed by atoms with Crippen LogP contribution in [0.2, 0.25) is 5.02 Å². The molecule has 192 valence electrons. The Labute approximate surface area is 215 Å². The minimum Gasteiger partial charge on any atom is -0.443 e. The van der Waals surface area contributed by atoms with Crippen LogP contribution in [-0.2, 0) is 14.3 Å². The molecule has 1 aliphatic carbocycles. The van der Waals surface area contributed by atoms with Gasteiger partial charge in [-0.05, 0) is 37.1 Å². The van der Waals surface area contributed by atoms with Crippen molar-refractivity contribution in [3.8, 4) is 0 Å². The predicted octanol–water partition coefficient (Wildman–Crippen LogP) is 3.89. The maximum absolute atomic E-state index is 14.3. The Morgan fingerprint density at radius 1 is 1.32 bits per heavy atom. The summed E-state index contributed by atoms with van der Waals surface area (Å²) < 4.78 is 20.9. The molecule has 0 bridgehead atoms. The number of urea groups is 1. The van der Waals surface area contributed by atoms with Gasteiger partial charge in [0.25, 0.3) is 5.91 Å². The van der Waals surface area contributed by atoms with Gasteiger partial charge in [0.05, 0.1) is 17.8 Å². The molecule has 3 N–H and O–H groups in total. The lowest BCUT2D eigenvalue weighted by atomic mass is 10.2. The van der Waals surface area contributed by atoms with Crippen molar-refractivity contribution in [2.24, 2.45) is 5.92 Å². The van der Waals surface area contributed by atoms with Crippen molar-refractivity contribution in [2.75, 3.05) is 17.4 Å². The number of hydrogen-bond acceptors (Lipinski definition) is 8. The number of ether oxygens (including phenoxy) is 1. The first-order chi connectivity index (χ1) is 17.7. The lowest BCUT2D eigenvalue weighted by molar-refractivity contribution is -0.152. The Balaban J connectivity index is 1.47. The van der Waals surface area contributed by atoms with E-state index in [9.17, 15) is 18.8 Å². The van der Waals surface area contributed by atoms with Gasteiger partial charge < -0.3 is 20.7 Å². The number of nitrogens with zero attached hydrogens (tertiary/aromatic N) is 4. The van der Waals surface area contributed by atoms with E-state index in [1.54, 1.807) is 24.4 Å².